The van der Waals surface area contributed by atoms with Crippen LogP contribution in [-0.4, -0.2) is 0 Å². The van der Waals surface area contributed by atoms with E-state index >= 15 is 0 Å². The van der Waals surface area contributed by atoms with E-state index < -0.39 is 0 Å². The normalized spacial score (nSPS) is 11.5. The van der Waals surface area contributed by atoms with Crippen molar-refractivity contribution >= 4 is 6.08 Å². The lowest BCUT2D eigenvalue weighted by Crippen LogP contribution is -2.13. The highest BCUT2D eigenvalue weighted by Gasteiger charge is 2.01. The molecule has 1 aliphatic heterocycles. The van der Waals surface area contributed by atoms with E-state index in [2.05, 4.69) is 5.48 Å². The molecule has 1 heterocycles. The van der Waals surface area contributed by atoms with E-state index in [9.17, 15) is 0 Å². The van der Waals surface area contributed by atoms with Gasteiger partial charge in [0, 0.05) is 11.8 Å². The summed E-state index contributed by atoms with van der Waals surface area (Å²) in [6, 6.07) is 7.86. The summed E-state index contributed by atoms with van der Waals surface area (Å²) >= 11 is 0. The Balaban J connectivity index is 0.000000336. The molecular weight excluding hydrogens is 150 g/mol. The summed E-state index contributed by atoms with van der Waals surface area (Å²) in [5.74, 6) is 0.880. The fourth-order valence-electron chi connectivity index (χ4n) is 0.932. The minimum atomic E-state index is 0.880. The first kappa shape index (κ1) is 8.65. The molecule has 1 N–H and O–H groups in total. The lowest BCUT2D eigenvalue weighted by Gasteiger charge is -2.11. The second-order valence-electron chi connectivity index (χ2n) is 2.09. The van der Waals surface area contributed by atoms with Gasteiger partial charge < -0.3 is 4.84 Å². The molecule has 2 rings (SSSR count). The standard InChI is InChI=1S/C8H7NO.C2H6/c1-2-4-8-7(3-1)5-6-9-10-8;1-2/h1-6,9H;1-2H3. The predicted octanol–water partition coefficient (Wildman–Crippen LogP) is 2.58. The SMILES string of the molecule is C1=Cc2ccccc2ON1.CC. The Hall–Kier alpha value is -1.44. The van der Waals surface area contributed by atoms with E-state index in [4.69, 9.17) is 4.84 Å². The quantitative estimate of drug-likeness (QED) is 0.634. The van der Waals surface area contributed by atoms with Gasteiger partial charge in [-0.1, -0.05) is 32.0 Å². The number of hydroxylamine groups is 1. The highest BCUT2D eigenvalue weighted by molar-refractivity contribution is 5.57. The van der Waals surface area contributed by atoms with Crippen molar-refractivity contribution in [3.8, 4) is 5.75 Å². The van der Waals surface area contributed by atoms with Crippen molar-refractivity contribution in [2.24, 2.45) is 0 Å². The zero-order chi connectivity index (χ0) is 8.81. The van der Waals surface area contributed by atoms with E-state index in [0.29, 0.717) is 0 Å². The molecule has 64 valence electrons. The van der Waals surface area contributed by atoms with Crippen LogP contribution in [0.2, 0.25) is 0 Å². The molecule has 0 fully saturated rings. The maximum Gasteiger partial charge on any atom is 0.162 e. The first-order valence-electron chi connectivity index (χ1n) is 4.15. The van der Waals surface area contributed by atoms with Gasteiger partial charge in [-0.3, -0.25) is 0 Å². The van der Waals surface area contributed by atoms with Crippen LogP contribution in [0.3, 0.4) is 0 Å². The van der Waals surface area contributed by atoms with Crippen LogP contribution in [0.4, 0.5) is 0 Å². The van der Waals surface area contributed by atoms with Crippen molar-refractivity contribution in [1.29, 1.82) is 0 Å². The number of rotatable bonds is 0. The third-order valence-corrected chi connectivity index (χ3v) is 1.42. The van der Waals surface area contributed by atoms with Gasteiger partial charge in [-0.2, -0.15) is 0 Å². The Bertz CT molecular complexity index is 268. The summed E-state index contributed by atoms with van der Waals surface area (Å²) in [5.41, 5.74) is 3.77. The van der Waals surface area contributed by atoms with Crippen LogP contribution in [0.1, 0.15) is 19.4 Å². The maximum absolute atomic E-state index is 5.09. The molecule has 1 aliphatic rings. The van der Waals surface area contributed by atoms with Gasteiger partial charge in [-0.05, 0) is 12.1 Å². The maximum atomic E-state index is 5.09. The topological polar surface area (TPSA) is 21.3 Å². The van der Waals surface area contributed by atoms with E-state index in [-0.39, 0.29) is 0 Å². The molecule has 1 aromatic rings. The highest BCUT2D eigenvalue weighted by Crippen LogP contribution is 2.20. The molecule has 2 nitrogen and oxygen atoms in total. The predicted molar refractivity (Wildman–Crippen MR) is 50.6 cm³/mol. The first-order valence-corrected chi connectivity index (χ1v) is 4.15. The van der Waals surface area contributed by atoms with E-state index in [1.165, 1.54) is 0 Å². The molecule has 0 amide bonds. The van der Waals surface area contributed by atoms with Crippen LogP contribution in [0, 0.1) is 0 Å². The zero-order valence-corrected chi connectivity index (χ0v) is 7.37. The molecule has 0 bridgehead atoms. The van der Waals surface area contributed by atoms with Gasteiger partial charge in [0.05, 0.1) is 0 Å². The van der Waals surface area contributed by atoms with Gasteiger partial charge in [0.2, 0.25) is 0 Å². The van der Waals surface area contributed by atoms with Crippen molar-refractivity contribution in [1.82, 2.24) is 5.48 Å². The molecule has 0 aromatic heterocycles. The minimum absolute atomic E-state index is 0.880. The molecule has 0 radical (unpaired) electrons. The number of nitrogens with one attached hydrogen (secondary N) is 1. The average Bonchev–Trinajstić information content (AvgIpc) is 2.21. The summed E-state index contributed by atoms with van der Waals surface area (Å²) in [6.45, 7) is 4.00. The van der Waals surface area contributed by atoms with Gasteiger partial charge in [-0.25, -0.2) is 5.48 Å². The fraction of sp³-hybridized carbons (Fsp3) is 0.200. The van der Waals surface area contributed by atoms with Gasteiger partial charge >= 0.3 is 0 Å². The molecule has 0 saturated carbocycles. The Labute approximate surface area is 72.8 Å². The third kappa shape index (κ3) is 1.78. The molecule has 0 unspecified atom stereocenters. The smallest absolute Gasteiger partial charge is 0.162 e. The van der Waals surface area contributed by atoms with Crippen molar-refractivity contribution in [2.75, 3.05) is 0 Å². The van der Waals surface area contributed by atoms with Gasteiger partial charge in [0.15, 0.2) is 5.75 Å². The highest BCUT2D eigenvalue weighted by atomic mass is 16.6. The number of hydrogen-bond acceptors (Lipinski definition) is 2. The summed E-state index contributed by atoms with van der Waals surface area (Å²) in [6.07, 6.45) is 3.74. The van der Waals surface area contributed by atoms with Crippen molar-refractivity contribution in [3.63, 3.8) is 0 Å². The van der Waals surface area contributed by atoms with Gasteiger partial charge in [-0.15, -0.1) is 0 Å². The first-order chi connectivity index (χ1) is 5.97. The van der Waals surface area contributed by atoms with Crippen LogP contribution < -0.4 is 10.3 Å². The summed E-state index contributed by atoms with van der Waals surface area (Å²) in [4.78, 5) is 5.09. The lowest BCUT2D eigenvalue weighted by atomic mass is 10.2. The molecule has 0 atom stereocenters. The van der Waals surface area contributed by atoms with Crippen LogP contribution in [0.25, 0.3) is 6.08 Å². The Morgan fingerprint density at radius 2 is 1.92 bits per heavy atom. The van der Waals surface area contributed by atoms with Crippen LogP contribution in [0.5, 0.6) is 5.75 Å². The fourth-order valence-corrected chi connectivity index (χ4v) is 0.932. The third-order valence-electron chi connectivity index (χ3n) is 1.42. The summed E-state index contributed by atoms with van der Waals surface area (Å²) in [5, 5.41) is 0. The van der Waals surface area contributed by atoms with E-state index in [1.807, 2.05) is 44.2 Å². The average molecular weight is 163 g/mol. The van der Waals surface area contributed by atoms with Gasteiger partial charge in [0.1, 0.15) is 0 Å². The van der Waals surface area contributed by atoms with Crippen LogP contribution in [0.15, 0.2) is 30.5 Å². The number of para-hydroxylation sites is 1. The Kier molecular flexibility index (Phi) is 3.20. The molecular formula is C10H13NO. The molecule has 1 aromatic carbocycles. The van der Waals surface area contributed by atoms with Crippen molar-refractivity contribution in [3.05, 3.63) is 36.0 Å². The second kappa shape index (κ2) is 4.44. The van der Waals surface area contributed by atoms with E-state index in [1.54, 1.807) is 6.20 Å². The second-order valence-corrected chi connectivity index (χ2v) is 2.09. The Morgan fingerprint density at radius 1 is 1.17 bits per heavy atom. The zero-order valence-electron chi connectivity index (χ0n) is 7.37. The number of hydrogen-bond donors (Lipinski definition) is 1. The van der Waals surface area contributed by atoms with E-state index in [0.717, 1.165) is 11.3 Å². The van der Waals surface area contributed by atoms with Crippen LogP contribution >= 0.6 is 0 Å². The van der Waals surface area contributed by atoms with Crippen molar-refractivity contribution < 1.29 is 4.84 Å². The molecule has 0 saturated heterocycles. The summed E-state index contributed by atoms with van der Waals surface area (Å²) < 4.78 is 0. The number of fused-ring (bicyclic) bond motifs is 1. The van der Waals surface area contributed by atoms with Crippen molar-refractivity contribution in [2.45, 2.75) is 13.8 Å². The monoisotopic (exact) mass is 163 g/mol. The van der Waals surface area contributed by atoms with Gasteiger partial charge in [0.25, 0.3) is 0 Å². The molecule has 2 heteroatoms. The molecule has 0 spiro atoms. The minimum Gasteiger partial charge on any atom is -0.382 e. The Morgan fingerprint density at radius 3 is 2.67 bits per heavy atom. The number of benzene rings is 1. The lowest BCUT2D eigenvalue weighted by molar-refractivity contribution is 0.239. The molecule has 12 heavy (non-hydrogen) atoms. The largest absolute Gasteiger partial charge is 0.382 e. The molecule has 0 aliphatic carbocycles. The van der Waals surface area contributed by atoms with Crippen LogP contribution in [-0.2, 0) is 0 Å². The summed E-state index contributed by atoms with van der Waals surface area (Å²) in [7, 11) is 0.